The lowest BCUT2D eigenvalue weighted by Crippen LogP contribution is -2.49. The highest BCUT2D eigenvalue weighted by molar-refractivity contribution is 5.95. The molecule has 0 spiro atoms. The van der Waals surface area contributed by atoms with Gasteiger partial charge in [-0.25, -0.2) is 9.78 Å². The van der Waals surface area contributed by atoms with Gasteiger partial charge in [-0.05, 0) is 37.8 Å². The second-order valence-corrected chi connectivity index (χ2v) is 7.05. The molecule has 0 atom stereocenters. The van der Waals surface area contributed by atoms with Crippen molar-refractivity contribution >= 4 is 17.8 Å². The molecular formula is C19H28N4O3. The number of rotatable bonds is 3. The molecule has 2 aliphatic rings. The third-order valence-corrected chi connectivity index (χ3v) is 5.19. The predicted octanol–water partition coefficient (Wildman–Crippen LogP) is 2.23. The monoisotopic (exact) mass is 360 g/mol. The molecule has 0 bridgehead atoms. The van der Waals surface area contributed by atoms with E-state index in [1.54, 1.807) is 17.2 Å². The average Bonchev–Trinajstić information content (AvgIpc) is 2.68. The molecule has 1 aromatic heterocycles. The van der Waals surface area contributed by atoms with Crippen LogP contribution in [0.4, 0.5) is 10.6 Å². The summed E-state index contributed by atoms with van der Waals surface area (Å²) in [6.07, 6.45) is 3.58. The summed E-state index contributed by atoms with van der Waals surface area (Å²) in [6, 6.07) is 3.67. The van der Waals surface area contributed by atoms with Crippen molar-refractivity contribution < 1.29 is 14.3 Å². The van der Waals surface area contributed by atoms with E-state index in [0.29, 0.717) is 44.3 Å². The van der Waals surface area contributed by atoms with Crippen LogP contribution in [0, 0.1) is 5.92 Å². The zero-order valence-corrected chi connectivity index (χ0v) is 15.7. The van der Waals surface area contributed by atoms with E-state index in [-0.39, 0.29) is 12.0 Å². The third kappa shape index (κ3) is 4.26. The number of likely N-dealkylation sites (tertiary alicyclic amines) is 1. The number of amides is 2. The first-order valence-electron chi connectivity index (χ1n) is 9.50. The molecule has 2 saturated heterocycles. The molecule has 0 saturated carbocycles. The van der Waals surface area contributed by atoms with Crippen LogP contribution in [-0.2, 0) is 4.74 Å². The van der Waals surface area contributed by atoms with Crippen molar-refractivity contribution in [3.8, 4) is 0 Å². The maximum Gasteiger partial charge on any atom is 0.409 e. The number of hydrogen-bond donors (Lipinski definition) is 0. The van der Waals surface area contributed by atoms with E-state index < -0.39 is 0 Å². The number of nitrogens with zero attached hydrogens (tertiary/aromatic N) is 4. The normalized spacial score (nSPS) is 18.8. The fourth-order valence-electron chi connectivity index (χ4n) is 3.45. The quantitative estimate of drug-likeness (QED) is 0.827. The summed E-state index contributed by atoms with van der Waals surface area (Å²) in [5, 5.41) is 0. The van der Waals surface area contributed by atoms with E-state index in [1.807, 2.05) is 17.9 Å². The Kier molecular flexibility index (Phi) is 5.96. The van der Waals surface area contributed by atoms with Gasteiger partial charge < -0.3 is 19.4 Å². The van der Waals surface area contributed by atoms with Crippen LogP contribution in [0.2, 0.25) is 0 Å². The summed E-state index contributed by atoms with van der Waals surface area (Å²) < 4.78 is 5.05. The van der Waals surface area contributed by atoms with Crippen LogP contribution in [-0.4, -0.2) is 72.7 Å². The molecule has 2 amide bonds. The molecule has 2 aliphatic heterocycles. The standard InChI is InChI=1S/C19H28N4O3/c1-3-26-19(25)23-12-10-21(11-13-23)17-14-16(4-7-20-17)18(24)22-8-5-15(2)6-9-22/h4,7,14-15H,3,5-6,8-13H2,1-2H3. The van der Waals surface area contributed by atoms with Gasteiger partial charge in [-0.15, -0.1) is 0 Å². The molecule has 0 aliphatic carbocycles. The van der Waals surface area contributed by atoms with Gasteiger partial charge >= 0.3 is 6.09 Å². The van der Waals surface area contributed by atoms with Gasteiger partial charge in [-0.2, -0.15) is 0 Å². The lowest BCUT2D eigenvalue weighted by atomic mass is 9.99. The molecule has 26 heavy (non-hydrogen) atoms. The minimum absolute atomic E-state index is 0.0886. The SMILES string of the molecule is CCOC(=O)N1CCN(c2cc(C(=O)N3CCC(C)CC3)ccn2)CC1. The second-order valence-electron chi connectivity index (χ2n) is 7.05. The predicted molar refractivity (Wildman–Crippen MR) is 99.3 cm³/mol. The molecule has 3 rings (SSSR count). The molecule has 0 radical (unpaired) electrons. The Morgan fingerprint density at radius 2 is 1.81 bits per heavy atom. The zero-order chi connectivity index (χ0) is 18.5. The Morgan fingerprint density at radius 1 is 1.12 bits per heavy atom. The highest BCUT2D eigenvalue weighted by atomic mass is 16.6. The Bertz CT molecular complexity index is 635. The van der Waals surface area contributed by atoms with Crippen LogP contribution in [0.5, 0.6) is 0 Å². The minimum atomic E-state index is -0.261. The number of ether oxygens (including phenoxy) is 1. The first kappa shape index (κ1) is 18.5. The molecule has 7 heteroatoms. The van der Waals surface area contributed by atoms with E-state index in [1.165, 1.54) is 0 Å². The fraction of sp³-hybridized carbons (Fsp3) is 0.632. The molecule has 1 aromatic rings. The number of anilines is 1. The van der Waals surface area contributed by atoms with Gasteiger partial charge in [0.05, 0.1) is 6.61 Å². The number of carbonyl (C=O) groups is 2. The van der Waals surface area contributed by atoms with Gasteiger partial charge in [0.2, 0.25) is 0 Å². The summed E-state index contributed by atoms with van der Waals surface area (Å²) in [5.74, 6) is 1.58. The first-order valence-corrected chi connectivity index (χ1v) is 9.50. The molecule has 0 unspecified atom stereocenters. The largest absolute Gasteiger partial charge is 0.450 e. The Morgan fingerprint density at radius 3 is 2.46 bits per heavy atom. The summed E-state index contributed by atoms with van der Waals surface area (Å²) in [5.41, 5.74) is 0.692. The first-order chi connectivity index (χ1) is 12.6. The van der Waals surface area contributed by atoms with Gasteiger partial charge in [0.25, 0.3) is 5.91 Å². The molecule has 0 aromatic carbocycles. The topological polar surface area (TPSA) is 66.0 Å². The maximum atomic E-state index is 12.8. The third-order valence-electron chi connectivity index (χ3n) is 5.19. The van der Waals surface area contributed by atoms with Gasteiger partial charge in [-0.1, -0.05) is 6.92 Å². The molecule has 3 heterocycles. The Labute approximate surface area is 154 Å². The van der Waals surface area contributed by atoms with E-state index >= 15 is 0 Å². The van der Waals surface area contributed by atoms with E-state index in [4.69, 9.17) is 4.74 Å². The summed E-state index contributed by atoms with van der Waals surface area (Å²) in [6.45, 7) is 8.67. The summed E-state index contributed by atoms with van der Waals surface area (Å²) in [4.78, 5) is 34.8. The smallest absolute Gasteiger partial charge is 0.409 e. The van der Waals surface area contributed by atoms with E-state index in [9.17, 15) is 9.59 Å². The lowest BCUT2D eigenvalue weighted by Gasteiger charge is -2.35. The van der Waals surface area contributed by atoms with Crippen LogP contribution >= 0.6 is 0 Å². The highest BCUT2D eigenvalue weighted by Crippen LogP contribution is 2.20. The van der Waals surface area contributed by atoms with Gasteiger partial charge in [0.1, 0.15) is 5.82 Å². The number of piperazine rings is 1. The molecule has 142 valence electrons. The maximum absolute atomic E-state index is 12.8. The van der Waals surface area contributed by atoms with Crippen molar-refractivity contribution in [3.05, 3.63) is 23.9 Å². The zero-order valence-electron chi connectivity index (χ0n) is 15.7. The number of pyridine rings is 1. The van der Waals surface area contributed by atoms with Crippen molar-refractivity contribution in [2.45, 2.75) is 26.7 Å². The van der Waals surface area contributed by atoms with Crippen molar-refractivity contribution in [1.29, 1.82) is 0 Å². The molecular weight excluding hydrogens is 332 g/mol. The van der Waals surface area contributed by atoms with Gasteiger partial charge in [0.15, 0.2) is 0 Å². The number of hydrogen-bond acceptors (Lipinski definition) is 5. The second kappa shape index (κ2) is 8.38. The van der Waals surface area contributed by atoms with E-state index in [2.05, 4.69) is 16.8 Å². The van der Waals surface area contributed by atoms with Crippen molar-refractivity contribution in [1.82, 2.24) is 14.8 Å². The lowest BCUT2D eigenvalue weighted by molar-refractivity contribution is 0.0697. The minimum Gasteiger partial charge on any atom is -0.450 e. The molecule has 2 fully saturated rings. The van der Waals surface area contributed by atoms with Crippen molar-refractivity contribution in [2.75, 3.05) is 50.8 Å². The number of aromatic nitrogens is 1. The highest BCUT2D eigenvalue weighted by Gasteiger charge is 2.25. The van der Waals surface area contributed by atoms with Crippen LogP contribution in [0.15, 0.2) is 18.3 Å². The Hall–Kier alpha value is -2.31. The van der Waals surface area contributed by atoms with Crippen molar-refractivity contribution in [2.24, 2.45) is 5.92 Å². The van der Waals surface area contributed by atoms with Crippen molar-refractivity contribution in [3.63, 3.8) is 0 Å². The molecule has 7 nitrogen and oxygen atoms in total. The van der Waals surface area contributed by atoms with Gasteiger partial charge in [0, 0.05) is 51.0 Å². The fourth-order valence-corrected chi connectivity index (χ4v) is 3.45. The average molecular weight is 360 g/mol. The van der Waals surface area contributed by atoms with Gasteiger partial charge in [-0.3, -0.25) is 4.79 Å². The molecule has 0 N–H and O–H groups in total. The Balaban J connectivity index is 1.61. The van der Waals surface area contributed by atoms with Crippen LogP contribution in [0.3, 0.4) is 0 Å². The summed E-state index contributed by atoms with van der Waals surface area (Å²) >= 11 is 0. The number of carbonyl (C=O) groups excluding carboxylic acids is 2. The van der Waals surface area contributed by atoms with Crippen LogP contribution < -0.4 is 4.90 Å². The van der Waals surface area contributed by atoms with E-state index in [0.717, 1.165) is 31.7 Å². The van der Waals surface area contributed by atoms with Crippen LogP contribution in [0.1, 0.15) is 37.0 Å². The van der Waals surface area contributed by atoms with Crippen LogP contribution in [0.25, 0.3) is 0 Å². The summed E-state index contributed by atoms with van der Waals surface area (Å²) in [7, 11) is 0. The number of piperidine rings is 1.